The SMILES string of the molecule is C/C=C(\C)CCCCCCCC.C=C/C=C(\C=C1/CC=CCC1C)CC.CC.CC.CCC(C)C. The van der Waals surface area contributed by atoms with Gasteiger partial charge in [-0.25, -0.2) is 0 Å². The van der Waals surface area contributed by atoms with Gasteiger partial charge in [0.1, 0.15) is 0 Å². The highest BCUT2D eigenvalue weighted by Crippen LogP contribution is 2.25. The molecule has 208 valence electrons. The Hall–Kier alpha value is -1.30. The first kappa shape index (κ1) is 40.9. The molecule has 0 bridgehead atoms. The average molecular weight is 489 g/mol. The standard InChI is InChI=1S/C14H20.C12H24.C5H12.2C2H6/c1-4-8-13(5-2)11-14-10-7-6-9-12(14)3;1-4-6-7-8-9-10-11-12(3)5-2;1-4-5(2)3;2*1-2/h4,6-8,11-12H,1,5,9-10H2,2-3H3;5H,4,6-11H2,1-3H3;5H,4H2,1-3H3;2*1-2H3/b13-8-,14-11+;12-5+;;;. The van der Waals surface area contributed by atoms with Crippen LogP contribution in [-0.2, 0) is 0 Å². The molecule has 0 saturated carbocycles. The van der Waals surface area contributed by atoms with Gasteiger partial charge in [-0.3, -0.25) is 0 Å². The summed E-state index contributed by atoms with van der Waals surface area (Å²) in [7, 11) is 0. The number of hydrogen-bond acceptors (Lipinski definition) is 0. The van der Waals surface area contributed by atoms with Crippen LogP contribution in [0.15, 0.2) is 59.8 Å². The maximum absolute atomic E-state index is 3.74. The first-order valence-electron chi connectivity index (χ1n) is 15.1. The first-order chi connectivity index (χ1) is 16.9. The lowest BCUT2D eigenvalue weighted by molar-refractivity contribution is 0.606. The number of unbranched alkanes of at least 4 members (excludes halogenated alkanes) is 5. The lowest BCUT2D eigenvalue weighted by Crippen LogP contribution is -2.02. The fraction of sp³-hybridized carbons (Fsp3) is 0.714. The smallest absolute Gasteiger partial charge is 0.0133 e. The maximum Gasteiger partial charge on any atom is -0.0133 e. The van der Waals surface area contributed by atoms with Crippen LogP contribution < -0.4 is 0 Å². The van der Waals surface area contributed by atoms with E-state index in [1.165, 1.54) is 63.4 Å². The molecule has 0 aromatic carbocycles. The fourth-order valence-electron chi connectivity index (χ4n) is 3.06. The van der Waals surface area contributed by atoms with Crippen LogP contribution in [0, 0.1) is 11.8 Å². The Labute approximate surface area is 225 Å². The quantitative estimate of drug-likeness (QED) is 0.154. The van der Waals surface area contributed by atoms with E-state index in [1.807, 2.05) is 33.8 Å². The fourth-order valence-corrected chi connectivity index (χ4v) is 3.06. The molecule has 0 saturated heterocycles. The van der Waals surface area contributed by atoms with E-state index < -0.39 is 0 Å². The summed E-state index contributed by atoms with van der Waals surface area (Å²) >= 11 is 0. The molecular formula is C35H68. The Morgan fingerprint density at radius 3 is 1.94 bits per heavy atom. The molecule has 0 aromatic heterocycles. The second kappa shape index (κ2) is 34.9. The number of allylic oxidation sites excluding steroid dienone is 9. The van der Waals surface area contributed by atoms with Gasteiger partial charge in [-0.05, 0) is 63.4 Å². The molecule has 1 aliphatic rings. The van der Waals surface area contributed by atoms with Gasteiger partial charge in [0.25, 0.3) is 0 Å². The Morgan fingerprint density at radius 1 is 0.971 bits per heavy atom. The van der Waals surface area contributed by atoms with E-state index >= 15 is 0 Å². The summed E-state index contributed by atoms with van der Waals surface area (Å²) in [5.41, 5.74) is 4.49. The van der Waals surface area contributed by atoms with Crippen LogP contribution in [0.25, 0.3) is 0 Å². The van der Waals surface area contributed by atoms with Gasteiger partial charge in [-0.15, -0.1) is 0 Å². The zero-order valence-electron chi connectivity index (χ0n) is 26.6. The first-order valence-corrected chi connectivity index (χ1v) is 15.1. The lowest BCUT2D eigenvalue weighted by atomic mass is 9.88. The van der Waals surface area contributed by atoms with Gasteiger partial charge in [-0.1, -0.05) is 162 Å². The summed E-state index contributed by atoms with van der Waals surface area (Å²) in [4.78, 5) is 0. The van der Waals surface area contributed by atoms with Crippen molar-refractivity contribution in [2.24, 2.45) is 11.8 Å². The monoisotopic (exact) mass is 489 g/mol. The molecule has 0 heteroatoms. The van der Waals surface area contributed by atoms with E-state index in [1.54, 1.807) is 11.1 Å². The van der Waals surface area contributed by atoms with Gasteiger partial charge in [0, 0.05) is 0 Å². The van der Waals surface area contributed by atoms with E-state index in [0.717, 1.165) is 18.8 Å². The summed E-state index contributed by atoms with van der Waals surface area (Å²) in [6.07, 6.45) is 27.6. The van der Waals surface area contributed by atoms with E-state index in [2.05, 4.69) is 92.3 Å². The minimum absolute atomic E-state index is 0.708. The van der Waals surface area contributed by atoms with Crippen LogP contribution in [0.4, 0.5) is 0 Å². The molecule has 35 heavy (non-hydrogen) atoms. The third kappa shape index (κ3) is 32.7. The molecule has 1 rings (SSSR count). The van der Waals surface area contributed by atoms with Crippen molar-refractivity contribution >= 4 is 0 Å². The highest BCUT2D eigenvalue weighted by atomic mass is 14.1. The topological polar surface area (TPSA) is 0 Å². The second-order valence-electron chi connectivity index (χ2n) is 9.32. The predicted molar refractivity (Wildman–Crippen MR) is 169 cm³/mol. The van der Waals surface area contributed by atoms with Gasteiger partial charge in [0.2, 0.25) is 0 Å². The summed E-state index contributed by atoms with van der Waals surface area (Å²) in [6, 6.07) is 0. The zero-order valence-corrected chi connectivity index (χ0v) is 26.6. The van der Waals surface area contributed by atoms with E-state index in [0.29, 0.717) is 5.92 Å². The van der Waals surface area contributed by atoms with Crippen LogP contribution in [-0.4, -0.2) is 0 Å². The van der Waals surface area contributed by atoms with Gasteiger partial charge in [-0.2, -0.15) is 0 Å². The van der Waals surface area contributed by atoms with Gasteiger partial charge >= 0.3 is 0 Å². The highest BCUT2D eigenvalue weighted by Gasteiger charge is 2.09. The van der Waals surface area contributed by atoms with E-state index in [4.69, 9.17) is 0 Å². The minimum atomic E-state index is 0.708. The molecular weight excluding hydrogens is 420 g/mol. The molecule has 0 spiro atoms. The molecule has 1 aliphatic carbocycles. The van der Waals surface area contributed by atoms with Crippen molar-refractivity contribution in [1.29, 1.82) is 0 Å². The molecule has 0 aromatic rings. The van der Waals surface area contributed by atoms with Gasteiger partial charge < -0.3 is 0 Å². The molecule has 0 N–H and O–H groups in total. The molecule has 0 fully saturated rings. The molecule has 0 nitrogen and oxygen atoms in total. The third-order valence-corrected chi connectivity index (χ3v) is 5.99. The van der Waals surface area contributed by atoms with Crippen molar-refractivity contribution in [3.63, 3.8) is 0 Å². The lowest BCUT2D eigenvalue weighted by Gasteiger charge is -2.17. The molecule has 0 aliphatic heterocycles. The van der Waals surface area contributed by atoms with Crippen LogP contribution in [0.3, 0.4) is 0 Å². The molecule has 1 unspecified atom stereocenters. The van der Waals surface area contributed by atoms with Crippen LogP contribution in [0.5, 0.6) is 0 Å². The van der Waals surface area contributed by atoms with Crippen LogP contribution in [0.1, 0.15) is 154 Å². The molecule has 0 radical (unpaired) electrons. The second-order valence-corrected chi connectivity index (χ2v) is 9.32. The van der Waals surface area contributed by atoms with Gasteiger partial charge in [0.15, 0.2) is 0 Å². The Morgan fingerprint density at radius 2 is 1.51 bits per heavy atom. The van der Waals surface area contributed by atoms with Crippen molar-refractivity contribution in [3.05, 3.63) is 59.8 Å². The third-order valence-electron chi connectivity index (χ3n) is 5.99. The minimum Gasteiger partial charge on any atom is -0.0991 e. The van der Waals surface area contributed by atoms with Crippen LogP contribution >= 0.6 is 0 Å². The summed E-state index contributed by atoms with van der Waals surface area (Å²) in [6.45, 7) is 29.5. The van der Waals surface area contributed by atoms with Crippen molar-refractivity contribution in [1.82, 2.24) is 0 Å². The number of hydrogen-bond donors (Lipinski definition) is 0. The average Bonchev–Trinajstić information content (AvgIpc) is 2.90. The zero-order chi connectivity index (χ0) is 27.9. The Balaban J connectivity index is -0.000000208. The Kier molecular flexibility index (Phi) is 40.7. The van der Waals surface area contributed by atoms with Gasteiger partial charge in [0.05, 0.1) is 0 Å². The summed E-state index contributed by atoms with van der Waals surface area (Å²) in [5, 5.41) is 0. The molecule has 0 heterocycles. The number of rotatable bonds is 11. The van der Waals surface area contributed by atoms with Crippen molar-refractivity contribution < 1.29 is 0 Å². The van der Waals surface area contributed by atoms with E-state index in [-0.39, 0.29) is 0 Å². The summed E-state index contributed by atoms with van der Waals surface area (Å²) < 4.78 is 0. The summed E-state index contributed by atoms with van der Waals surface area (Å²) in [5.74, 6) is 1.59. The van der Waals surface area contributed by atoms with Crippen molar-refractivity contribution in [2.75, 3.05) is 0 Å². The normalized spacial score (nSPS) is 16.0. The molecule has 0 amide bonds. The maximum atomic E-state index is 3.74. The largest absolute Gasteiger partial charge is 0.0991 e. The van der Waals surface area contributed by atoms with Crippen LogP contribution in [0.2, 0.25) is 0 Å². The van der Waals surface area contributed by atoms with E-state index in [9.17, 15) is 0 Å². The van der Waals surface area contributed by atoms with Crippen molar-refractivity contribution in [2.45, 2.75) is 154 Å². The van der Waals surface area contributed by atoms with Crippen molar-refractivity contribution in [3.8, 4) is 0 Å². The Bertz CT molecular complexity index is 524. The highest BCUT2D eigenvalue weighted by molar-refractivity contribution is 5.30. The molecule has 1 atom stereocenters. The predicted octanol–water partition coefficient (Wildman–Crippen LogP) is 13.2.